The number of carbonyl (C=O) groups excluding carboxylic acids is 1. The molecule has 1 aliphatic heterocycles. The molecular weight excluding hydrogens is 412 g/mol. The predicted octanol–water partition coefficient (Wildman–Crippen LogP) is 3.01. The van der Waals surface area contributed by atoms with Gasteiger partial charge in [-0.15, -0.1) is 0 Å². The summed E-state index contributed by atoms with van der Waals surface area (Å²) in [4.78, 5) is 26.2. The molecule has 32 heavy (non-hydrogen) atoms. The number of rotatable bonds is 5. The number of nitrogens with zero attached hydrogens (tertiary/aromatic N) is 3. The monoisotopic (exact) mass is 436 g/mol. The van der Waals surface area contributed by atoms with E-state index in [4.69, 9.17) is 13.9 Å². The van der Waals surface area contributed by atoms with Gasteiger partial charge in [-0.25, -0.2) is 4.68 Å². The van der Waals surface area contributed by atoms with Gasteiger partial charge in [0.1, 0.15) is 30.6 Å². The van der Waals surface area contributed by atoms with Crippen molar-refractivity contribution in [3.63, 3.8) is 0 Å². The van der Waals surface area contributed by atoms with E-state index in [2.05, 4.69) is 10.4 Å². The molecule has 3 aromatic heterocycles. The molecule has 1 aromatic carbocycles. The zero-order chi connectivity index (χ0) is 22.4. The van der Waals surface area contributed by atoms with E-state index in [1.165, 1.54) is 4.68 Å². The molecule has 2 atom stereocenters. The first-order valence-corrected chi connectivity index (χ1v) is 10.7. The molecule has 0 aliphatic carbocycles. The molecule has 1 aliphatic rings. The van der Waals surface area contributed by atoms with Crippen LogP contribution < -0.4 is 20.3 Å². The molecule has 0 saturated heterocycles. The number of ether oxygens (including phenoxy) is 2. The second-order valence-corrected chi connectivity index (χ2v) is 7.86. The third-order valence-electron chi connectivity index (χ3n) is 5.82. The normalized spacial score (nSPS) is 15.1. The first kappa shape index (κ1) is 20.2. The number of carbonyl (C=O) groups is 1. The zero-order valence-electron chi connectivity index (χ0n) is 18.1. The number of benzene rings is 1. The minimum atomic E-state index is -0.793. The Morgan fingerprint density at radius 2 is 1.91 bits per heavy atom. The predicted molar refractivity (Wildman–Crippen MR) is 117 cm³/mol. The molecule has 4 heterocycles. The molecule has 0 fully saturated rings. The van der Waals surface area contributed by atoms with Crippen molar-refractivity contribution in [1.82, 2.24) is 19.5 Å². The van der Waals surface area contributed by atoms with Crippen LogP contribution in [0.1, 0.15) is 44.2 Å². The summed E-state index contributed by atoms with van der Waals surface area (Å²) in [7, 11) is 0. The molecule has 0 saturated carbocycles. The SMILES string of the molecule is CCc1nn(C(C)C(=O)NC(C)c2ccc3c(c2)OCCO3)c(=O)c2cc3occc3n12. The molecule has 166 valence electrons. The molecule has 9 nitrogen and oxygen atoms in total. The maximum absolute atomic E-state index is 13.2. The van der Waals surface area contributed by atoms with Crippen LogP contribution in [0.3, 0.4) is 0 Å². The highest BCUT2D eigenvalue weighted by atomic mass is 16.6. The van der Waals surface area contributed by atoms with Crippen LogP contribution in [-0.2, 0) is 11.2 Å². The average Bonchev–Trinajstić information content (AvgIpc) is 3.41. The van der Waals surface area contributed by atoms with Gasteiger partial charge in [-0.3, -0.25) is 14.0 Å². The van der Waals surface area contributed by atoms with Crippen molar-refractivity contribution in [1.29, 1.82) is 0 Å². The van der Waals surface area contributed by atoms with Gasteiger partial charge < -0.3 is 19.2 Å². The van der Waals surface area contributed by atoms with Crippen LogP contribution in [0.25, 0.3) is 16.6 Å². The lowest BCUT2D eigenvalue weighted by atomic mass is 10.1. The largest absolute Gasteiger partial charge is 0.486 e. The van der Waals surface area contributed by atoms with Crippen LogP contribution in [-0.4, -0.2) is 33.3 Å². The van der Waals surface area contributed by atoms with E-state index in [9.17, 15) is 9.59 Å². The van der Waals surface area contributed by atoms with Gasteiger partial charge in [-0.2, -0.15) is 5.10 Å². The Hall–Kier alpha value is -3.75. The lowest BCUT2D eigenvalue weighted by Gasteiger charge is -2.22. The summed E-state index contributed by atoms with van der Waals surface area (Å²) in [6, 6.07) is 8.01. The van der Waals surface area contributed by atoms with E-state index in [0.29, 0.717) is 48.1 Å². The molecule has 0 spiro atoms. The first-order valence-electron chi connectivity index (χ1n) is 10.7. The molecular formula is C23H24N4O5. The second-order valence-electron chi connectivity index (χ2n) is 7.86. The zero-order valence-corrected chi connectivity index (χ0v) is 18.1. The topological polar surface area (TPSA) is 100 Å². The van der Waals surface area contributed by atoms with Crippen molar-refractivity contribution in [2.75, 3.05) is 13.2 Å². The number of aromatic nitrogens is 3. The van der Waals surface area contributed by atoms with Crippen LogP contribution in [0.4, 0.5) is 0 Å². The van der Waals surface area contributed by atoms with Crippen LogP contribution in [0.15, 0.2) is 45.8 Å². The van der Waals surface area contributed by atoms with Crippen LogP contribution >= 0.6 is 0 Å². The Kier molecular flexibility index (Phi) is 4.88. The molecule has 2 unspecified atom stereocenters. The van der Waals surface area contributed by atoms with Gasteiger partial charge in [-0.1, -0.05) is 13.0 Å². The summed E-state index contributed by atoms with van der Waals surface area (Å²) < 4.78 is 19.7. The number of furan rings is 1. The van der Waals surface area contributed by atoms with Crippen molar-refractivity contribution in [2.24, 2.45) is 0 Å². The van der Waals surface area contributed by atoms with Gasteiger partial charge >= 0.3 is 0 Å². The summed E-state index contributed by atoms with van der Waals surface area (Å²) in [5.74, 6) is 1.73. The highest BCUT2D eigenvalue weighted by molar-refractivity contribution is 5.83. The number of hydrogen-bond donors (Lipinski definition) is 1. The van der Waals surface area contributed by atoms with Gasteiger partial charge in [0.2, 0.25) is 5.91 Å². The Morgan fingerprint density at radius 3 is 2.69 bits per heavy atom. The summed E-state index contributed by atoms with van der Waals surface area (Å²) >= 11 is 0. The van der Waals surface area contributed by atoms with Crippen molar-refractivity contribution < 1.29 is 18.7 Å². The standard InChI is InChI=1S/C23H24N4O5/c1-4-21-25-27(23(29)17-12-19-16(26(17)21)7-8-30-19)14(3)22(28)24-13(2)15-5-6-18-20(11-15)32-10-9-31-18/h5-8,11-14H,4,9-10H2,1-3H3,(H,24,28). The number of amides is 1. The third kappa shape index (κ3) is 3.21. The van der Waals surface area contributed by atoms with E-state index >= 15 is 0 Å². The smallest absolute Gasteiger partial charge is 0.291 e. The van der Waals surface area contributed by atoms with Gasteiger partial charge in [0, 0.05) is 18.6 Å². The quantitative estimate of drug-likeness (QED) is 0.516. The van der Waals surface area contributed by atoms with Gasteiger partial charge in [0.15, 0.2) is 17.1 Å². The summed E-state index contributed by atoms with van der Waals surface area (Å²) in [6.07, 6.45) is 2.17. The van der Waals surface area contributed by atoms with Crippen molar-refractivity contribution in [3.8, 4) is 11.5 Å². The lowest BCUT2D eigenvalue weighted by Crippen LogP contribution is -2.39. The van der Waals surface area contributed by atoms with Gasteiger partial charge in [0.25, 0.3) is 5.56 Å². The average molecular weight is 436 g/mol. The molecule has 0 bridgehead atoms. The summed E-state index contributed by atoms with van der Waals surface area (Å²) in [5, 5.41) is 7.48. The Morgan fingerprint density at radius 1 is 1.12 bits per heavy atom. The number of aryl methyl sites for hydroxylation is 1. The first-order chi connectivity index (χ1) is 15.5. The summed E-state index contributed by atoms with van der Waals surface area (Å²) in [5.41, 5.74) is 2.37. The fourth-order valence-electron chi connectivity index (χ4n) is 4.04. The highest BCUT2D eigenvalue weighted by Gasteiger charge is 2.24. The van der Waals surface area contributed by atoms with Crippen molar-refractivity contribution in [2.45, 2.75) is 39.3 Å². The van der Waals surface area contributed by atoms with Crippen LogP contribution in [0, 0.1) is 0 Å². The Balaban J connectivity index is 1.43. The molecule has 5 rings (SSSR count). The van der Waals surface area contributed by atoms with E-state index in [0.717, 1.165) is 11.1 Å². The molecule has 1 N–H and O–H groups in total. The van der Waals surface area contributed by atoms with Crippen LogP contribution in [0.5, 0.6) is 11.5 Å². The molecule has 9 heteroatoms. The second kappa shape index (κ2) is 7.74. The number of fused-ring (bicyclic) bond motifs is 4. The molecule has 0 radical (unpaired) electrons. The van der Waals surface area contributed by atoms with Crippen molar-refractivity contribution in [3.05, 3.63) is 58.3 Å². The highest BCUT2D eigenvalue weighted by Crippen LogP contribution is 2.32. The fraction of sp³-hybridized carbons (Fsp3) is 0.348. The van der Waals surface area contributed by atoms with E-state index in [1.807, 2.05) is 32.0 Å². The molecule has 1 amide bonds. The van der Waals surface area contributed by atoms with Crippen molar-refractivity contribution >= 4 is 22.5 Å². The fourth-order valence-corrected chi connectivity index (χ4v) is 4.04. The number of hydrogen-bond acceptors (Lipinski definition) is 6. The number of nitrogens with one attached hydrogen (secondary N) is 1. The van der Waals surface area contributed by atoms with Gasteiger partial charge in [-0.05, 0) is 31.5 Å². The van der Waals surface area contributed by atoms with Crippen LogP contribution in [0.2, 0.25) is 0 Å². The minimum Gasteiger partial charge on any atom is -0.486 e. The van der Waals surface area contributed by atoms with Gasteiger partial charge in [0.05, 0.1) is 17.8 Å². The van der Waals surface area contributed by atoms with E-state index in [1.54, 1.807) is 29.7 Å². The molecule has 4 aromatic rings. The maximum atomic E-state index is 13.2. The lowest BCUT2D eigenvalue weighted by molar-refractivity contribution is -0.124. The van der Waals surface area contributed by atoms with E-state index in [-0.39, 0.29) is 17.5 Å². The maximum Gasteiger partial charge on any atom is 0.291 e. The summed E-state index contributed by atoms with van der Waals surface area (Å²) in [6.45, 7) is 6.53. The van der Waals surface area contributed by atoms with E-state index < -0.39 is 6.04 Å². The minimum absolute atomic E-state index is 0.290. The third-order valence-corrected chi connectivity index (χ3v) is 5.82. The Bertz CT molecular complexity index is 1380. The Labute approximate surface area is 183 Å².